The molecule has 0 unspecified atom stereocenters. The van der Waals surface area contributed by atoms with Gasteiger partial charge in [-0.3, -0.25) is 0 Å². The van der Waals surface area contributed by atoms with E-state index >= 15 is 0 Å². The highest BCUT2D eigenvalue weighted by molar-refractivity contribution is 7.79. The summed E-state index contributed by atoms with van der Waals surface area (Å²) in [7, 11) is 0. The predicted octanol–water partition coefficient (Wildman–Crippen LogP) is 2.77. The van der Waals surface area contributed by atoms with Crippen molar-refractivity contribution >= 4 is 12.6 Å². The molecule has 1 aromatic heterocycles. The highest BCUT2D eigenvalue weighted by Crippen LogP contribution is 2.19. The number of nitrogens with zero attached hydrogens (tertiary/aromatic N) is 1. The van der Waals surface area contributed by atoms with E-state index in [-0.39, 0.29) is 0 Å². The van der Waals surface area contributed by atoms with Crippen LogP contribution in [0.1, 0.15) is 5.69 Å². The molecule has 0 spiro atoms. The number of hydrogen-bond donors (Lipinski definition) is 1. The number of rotatable bonds is 2. The van der Waals surface area contributed by atoms with E-state index in [0.29, 0.717) is 5.75 Å². The van der Waals surface area contributed by atoms with E-state index in [2.05, 4.69) is 17.8 Å². The molecule has 3 heteroatoms. The lowest BCUT2D eigenvalue weighted by Gasteiger charge is -1.91. The standard InChI is InChI=1S/C10H9NOS/c13-7-9-6-10(12-11-9)8-4-2-1-3-5-8/h1-6,13H,7H2. The summed E-state index contributed by atoms with van der Waals surface area (Å²) in [5, 5.41) is 3.86. The zero-order valence-electron chi connectivity index (χ0n) is 6.97. The van der Waals surface area contributed by atoms with Crippen molar-refractivity contribution in [2.75, 3.05) is 0 Å². The lowest BCUT2D eigenvalue weighted by atomic mass is 10.2. The zero-order chi connectivity index (χ0) is 9.10. The van der Waals surface area contributed by atoms with Crippen molar-refractivity contribution in [2.45, 2.75) is 5.75 Å². The number of hydrogen-bond acceptors (Lipinski definition) is 3. The molecule has 0 aliphatic rings. The minimum absolute atomic E-state index is 0.607. The molecule has 13 heavy (non-hydrogen) atoms. The van der Waals surface area contributed by atoms with Crippen molar-refractivity contribution in [2.24, 2.45) is 0 Å². The van der Waals surface area contributed by atoms with Gasteiger partial charge in [-0.05, 0) is 0 Å². The lowest BCUT2D eigenvalue weighted by Crippen LogP contribution is -1.72. The Balaban J connectivity index is 2.36. The van der Waals surface area contributed by atoms with Gasteiger partial charge in [-0.1, -0.05) is 35.5 Å². The summed E-state index contributed by atoms with van der Waals surface area (Å²) in [4.78, 5) is 0. The Bertz CT molecular complexity index is 383. The van der Waals surface area contributed by atoms with E-state index in [1.165, 1.54) is 0 Å². The Labute approximate surface area is 82.0 Å². The average molecular weight is 191 g/mol. The fourth-order valence-corrected chi connectivity index (χ4v) is 1.27. The Morgan fingerprint density at radius 1 is 1.23 bits per heavy atom. The maximum Gasteiger partial charge on any atom is 0.167 e. The molecule has 2 aromatic rings. The van der Waals surface area contributed by atoms with Crippen LogP contribution in [0.5, 0.6) is 0 Å². The van der Waals surface area contributed by atoms with E-state index in [0.717, 1.165) is 17.0 Å². The van der Waals surface area contributed by atoms with Crippen molar-refractivity contribution in [1.29, 1.82) is 0 Å². The molecule has 0 bridgehead atoms. The van der Waals surface area contributed by atoms with Gasteiger partial charge in [-0.15, -0.1) is 0 Å². The number of aromatic nitrogens is 1. The fraction of sp³-hybridized carbons (Fsp3) is 0.100. The van der Waals surface area contributed by atoms with Crippen LogP contribution in [0.4, 0.5) is 0 Å². The summed E-state index contributed by atoms with van der Waals surface area (Å²) in [5.74, 6) is 1.40. The van der Waals surface area contributed by atoms with Gasteiger partial charge in [0.25, 0.3) is 0 Å². The quantitative estimate of drug-likeness (QED) is 0.739. The number of benzene rings is 1. The van der Waals surface area contributed by atoms with Gasteiger partial charge in [0.1, 0.15) is 0 Å². The lowest BCUT2D eigenvalue weighted by molar-refractivity contribution is 0.426. The fourth-order valence-electron chi connectivity index (χ4n) is 1.12. The van der Waals surface area contributed by atoms with Gasteiger partial charge in [0.2, 0.25) is 0 Å². The largest absolute Gasteiger partial charge is 0.356 e. The Kier molecular flexibility index (Phi) is 2.36. The van der Waals surface area contributed by atoms with Crippen LogP contribution in [0.3, 0.4) is 0 Å². The summed E-state index contributed by atoms with van der Waals surface area (Å²) < 4.78 is 5.14. The first-order valence-electron chi connectivity index (χ1n) is 4.02. The second kappa shape index (κ2) is 3.66. The predicted molar refractivity (Wildman–Crippen MR) is 54.6 cm³/mol. The zero-order valence-corrected chi connectivity index (χ0v) is 7.87. The van der Waals surface area contributed by atoms with Gasteiger partial charge < -0.3 is 4.52 Å². The molecule has 0 saturated heterocycles. The van der Waals surface area contributed by atoms with Gasteiger partial charge in [-0.2, -0.15) is 12.6 Å². The molecule has 2 rings (SSSR count). The third-order valence-electron chi connectivity index (χ3n) is 1.78. The monoisotopic (exact) mass is 191 g/mol. The second-order valence-corrected chi connectivity index (χ2v) is 3.02. The first-order valence-corrected chi connectivity index (χ1v) is 4.65. The molecule has 0 fully saturated rings. The third-order valence-corrected chi connectivity index (χ3v) is 2.10. The topological polar surface area (TPSA) is 26.0 Å². The van der Waals surface area contributed by atoms with Crippen LogP contribution >= 0.6 is 12.6 Å². The molecule has 0 atom stereocenters. The molecule has 0 aliphatic carbocycles. The molecular formula is C10H9NOS. The van der Waals surface area contributed by atoms with Crippen LogP contribution in [-0.4, -0.2) is 5.16 Å². The molecule has 0 radical (unpaired) electrons. The normalized spacial score (nSPS) is 10.2. The summed E-state index contributed by atoms with van der Waals surface area (Å²) in [6, 6.07) is 11.8. The highest BCUT2D eigenvalue weighted by Gasteiger charge is 2.03. The van der Waals surface area contributed by atoms with Gasteiger partial charge >= 0.3 is 0 Å². The smallest absolute Gasteiger partial charge is 0.167 e. The third kappa shape index (κ3) is 1.75. The van der Waals surface area contributed by atoms with Gasteiger partial charge in [-0.25, -0.2) is 0 Å². The molecule has 0 N–H and O–H groups in total. The highest BCUT2D eigenvalue weighted by atomic mass is 32.1. The SMILES string of the molecule is SCc1cc(-c2ccccc2)on1. The summed E-state index contributed by atoms with van der Waals surface area (Å²) >= 11 is 4.11. The van der Waals surface area contributed by atoms with Crippen molar-refractivity contribution in [3.8, 4) is 11.3 Å². The minimum atomic E-state index is 0.607. The first-order chi connectivity index (χ1) is 6.40. The molecule has 2 nitrogen and oxygen atoms in total. The summed E-state index contributed by atoms with van der Waals surface area (Å²) in [6.45, 7) is 0. The molecule has 0 saturated carbocycles. The van der Waals surface area contributed by atoms with E-state index in [1.54, 1.807) is 0 Å². The first kappa shape index (κ1) is 8.38. The van der Waals surface area contributed by atoms with Gasteiger partial charge in [0, 0.05) is 17.4 Å². The van der Waals surface area contributed by atoms with Crippen molar-refractivity contribution in [1.82, 2.24) is 5.16 Å². The van der Waals surface area contributed by atoms with Crippen LogP contribution < -0.4 is 0 Å². The summed E-state index contributed by atoms with van der Waals surface area (Å²) in [6.07, 6.45) is 0. The molecule has 0 amide bonds. The van der Waals surface area contributed by atoms with Crippen LogP contribution in [-0.2, 0) is 5.75 Å². The van der Waals surface area contributed by atoms with Crippen LogP contribution in [0.15, 0.2) is 40.9 Å². The van der Waals surface area contributed by atoms with E-state index in [9.17, 15) is 0 Å². The van der Waals surface area contributed by atoms with Crippen LogP contribution in [0.25, 0.3) is 11.3 Å². The van der Waals surface area contributed by atoms with E-state index < -0.39 is 0 Å². The maximum absolute atomic E-state index is 5.14. The Hall–Kier alpha value is -1.22. The Morgan fingerprint density at radius 3 is 2.62 bits per heavy atom. The molecule has 66 valence electrons. The van der Waals surface area contributed by atoms with Crippen molar-refractivity contribution in [3.05, 3.63) is 42.1 Å². The average Bonchev–Trinajstić information content (AvgIpc) is 2.67. The molecule has 1 aromatic carbocycles. The Morgan fingerprint density at radius 2 is 2.00 bits per heavy atom. The van der Waals surface area contributed by atoms with Crippen molar-refractivity contribution < 1.29 is 4.52 Å². The van der Waals surface area contributed by atoms with E-state index in [1.807, 2.05) is 36.4 Å². The van der Waals surface area contributed by atoms with Gasteiger partial charge in [0.15, 0.2) is 5.76 Å². The minimum Gasteiger partial charge on any atom is -0.356 e. The molecular weight excluding hydrogens is 182 g/mol. The van der Waals surface area contributed by atoms with Crippen LogP contribution in [0, 0.1) is 0 Å². The summed E-state index contributed by atoms with van der Waals surface area (Å²) in [5.41, 5.74) is 1.91. The van der Waals surface area contributed by atoms with Crippen LogP contribution in [0.2, 0.25) is 0 Å². The maximum atomic E-state index is 5.14. The van der Waals surface area contributed by atoms with E-state index in [4.69, 9.17) is 4.52 Å². The molecule has 0 aliphatic heterocycles. The molecule has 1 heterocycles. The number of thiol groups is 1. The van der Waals surface area contributed by atoms with Gasteiger partial charge in [0.05, 0.1) is 5.69 Å². The second-order valence-electron chi connectivity index (χ2n) is 2.71. The van der Waals surface area contributed by atoms with Crippen molar-refractivity contribution in [3.63, 3.8) is 0 Å².